The monoisotopic (exact) mass is 368 g/mol. The number of aromatic hydroxyl groups is 1. The molecular formula is C18H12N2O7. The number of phenols is 1. The number of furan rings is 1. The van der Waals surface area contributed by atoms with Gasteiger partial charge in [0.05, 0.1) is 4.92 Å². The first-order valence-corrected chi connectivity index (χ1v) is 7.57. The van der Waals surface area contributed by atoms with E-state index in [2.05, 4.69) is 5.32 Å². The summed E-state index contributed by atoms with van der Waals surface area (Å²) in [7, 11) is 0. The van der Waals surface area contributed by atoms with Crippen LogP contribution in [0.4, 0.5) is 11.4 Å². The summed E-state index contributed by atoms with van der Waals surface area (Å²) in [5, 5.41) is 31.8. The van der Waals surface area contributed by atoms with Gasteiger partial charge in [0, 0.05) is 23.4 Å². The van der Waals surface area contributed by atoms with Gasteiger partial charge >= 0.3 is 5.97 Å². The predicted molar refractivity (Wildman–Crippen MR) is 93.8 cm³/mol. The standard InChI is InChI=1S/C18H12N2O7/c21-14-5-4-11(9-13(14)18(23)24)19-17(22)16-7-6-15(27-16)10-2-1-3-12(8-10)20(25)26/h1-9,21H,(H,19,22)(H,23,24). The highest BCUT2D eigenvalue weighted by molar-refractivity contribution is 6.03. The number of carboxylic acid groups (broad SMARTS) is 1. The zero-order valence-electron chi connectivity index (χ0n) is 13.6. The number of hydrogen-bond donors (Lipinski definition) is 3. The summed E-state index contributed by atoms with van der Waals surface area (Å²) in [4.78, 5) is 33.6. The highest BCUT2D eigenvalue weighted by Gasteiger charge is 2.16. The van der Waals surface area contributed by atoms with Crippen molar-refractivity contribution in [2.45, 2.75) is 0 Å². The van der Waals surface area contributed by atoms with Crippen LogP contribution < -0.4 is 5.32 Å². The van der Waals surface area contributed by atoms with Crippen molar-refractivity contribution in [3.63, 3.8) is 0 Å². The average Bonchev–Trinajstić information content (AvgIpc) is 3.13. The van der Waals surface area contributed by atoms with Gasteiger partial charge < -0.3 is 19.9 Å². The molecular weight excluding hydrogens is 356 g/mol. The topological polar surface area (TPSA) is 143 Å². The summed E-state index contributed by atoms with van der Waals surface area (Å²) in [6, 6.07) is 12.2. The van der Waals surface area contributed by atoms with Crippen LogP contribution in [0.3, 0.4) is 0 Å². The predicted octanol–water partition coefficient (Wildman–Crippen LogP) is 3.51. The first-order chi connectivity index (χ1) is 12.8. The molecule has 0 fully saturated rings. The van der Waals surface area contributed by atoms with Crippen LogP contribution in [-0.2, 0) is 0 Å². The Bertz CT molecular complexity index is 1060. The maximum Gasteiger partial charge on any atom is 0.339 e. The number of carbonyl (C=O) groups excluding carboxylic acids is 1. The highest BCUT2D eigenvalue weighted by atomic mass is 16.6. The van der Waals surface area contributed by atoms with Gasteiger partial charge in [-0.05, 0) is 30.3 Å². The molecule has 9 nitrogen and oxygen atoms in total. The van der Waals surface area contributed by atoms with Gasteiger partial charge in [-0.2, -0.15) is 0 Å². The SMILES string of the molecule is O=C(Nc1ccc(O)c(C(=O)O)c1)c1ccc(-c2cccc([N+](=O)[O-])c2)o1. The van der Waals surface area contributed by atoms with Crippen LogP contribution in [0, 0.1) is 10.1 Å². The van der Waals surface area contributed by atoms with E-state index in [0.717, 1.165) is 12.1 Å². The molecule has 3 N–H and O–H groups in total. The van der Waals surface area contributed by atoms with Crippen LogP contribution >= 0.6 is 0 Å². The third-order valence-electron chi connectivity index (χ3n) is 3.66. The number of benzene rings is 2. The van der Waals surface area contributed by atoms with E-state index in [9.17, 15) is 24.8 Å². The highest BCUT2D eigenvalue weighted by Crippen LogP contribution is 2.27. The summed E-state index contributed by atoms with van der Waals surface area (Å²) in [6.07, 6.45) is 0. The molecule has 2 aromatic carbocycles. The van der Waals surface area contributed by atoms with Crippen molar-refractivity contribution in [3.8, 4) is 17.1 Å². The van der Waals surface area contributed by atoms with Crippen molar-refractivity contribution in [3.05, 3.63) is 76.0 Å². The van der Waals surface area contributed by atoms with Gasteiger partial charge in [0.2, 0.25) is 0 Å². The van der Waals surface area contributed by atoms with Gasteiger partial charge in [-0.15, -0.1) is 0 Å². The van der Waals surface area contributed by atoms with Gasteiger partial charge in [-0.25, -0.2) is 4.79 Å². The summed E-state index contributed by atoms with van der Waals surface area (Å²) in [6.45, 7) is 0. The van der Waals surface area contributed by atoms with E-state index in [1.807, 2.05) is 0 Å². The van der Waals surface area contributed by atoms with E-state index in [1.54, 1.807) is 6.07 Å². The smallest absolute Gasteiger partial charge is 0.339 e. The van der Waals surface area contributed by atoms with E-state index >= 15 is 0 Å². The molecule has 3 rings (SSSR count). The Labute approximate surface area is 151 Å². The van der Waals surface area contributed by atoms with E-state index in [-0.39, 0.29) is 28.5 Å². The number of nitrogens with one attached hydrogen (secondary N) is 1. The van der Waals surface area contributed by atoms with Crippen molar-refractivity contribution >= 4 is 23.3 Å². The number of anilines is 1. The van der Waals surface area contributed by atoms with Crippen molar-refractivity contribution in [1.82, 2.24) is 0 Å². The molecule has 0 saturated carbocycles. The summed E-state index contributed by atoms with van der Waals surface area (Å²) in [5.41, 5.74) is 0.120. The van der Waals surface area contributed by atoms with E-state index < -0.39 is 22.5 Å². The quantitative estimate of drug-likeness (QED) is 0.355. The number of hydrogen-bond acceptors (Lipinski definition) is 6. The molecule has 0 aliphatic rings. The number of carboxylic acids is 1. The summed E-state index contributed by atoms with van der Waals surface area (Å²) < 4.78 is 5.44. The minimum atomic E-state index is -1.34. The second-order valence-corrected chi connectivity index (χ2v) is 5.46. The minimum absolute atomic E-state index is 0.0681. The molecule has 0 unspecified atom stereocenters. The third kappa shape index (κ3) is 3.76. The van der Waals surface area contributed by atoms with Crippen LogP contribution in [0.5, 0.6) is 5.75 Å². The molecule has 27 heavy (non-hydrogen) atoms. The molecule has 0 atom stereocenters. The first kappa shape index (κ1) is 17.7. The van der Waals surface area contributed by atoms with Gasteiger partial charge in [0.25, 0.3) is 11.6 Å². The maximum atomic E-state index is 12.3. The maximum absolute atomic E-state index is 12.3. The molecule has 3 aromatic rings. The molecule has 0 radical (unpaired) electrons. The Morgan fingerprint density at radius 1 is 1.07 bits per heavy atom. The van der Waals surface area contributed by atoms with Crippen LogP contribution in [0.15, 0.2) is 59.0 Å². The van der Waals surface area contributed by atoms with Crippen LogP contribution in [0.25, 0.3) is 11.3 Å². The van der Waals surface area contributed by atoms with Crippen molar-refractivity contribution in [2.75, 3.05) is 5.32 Å². The van der Waals surface area contributed by atoms with Crippen LogP contribution in [0.1, 0.15) is 20.9 Å². The fraction of sp³-hybridized carbons (Fsp3) is 0. The number of amides is 1. The lowest BCUT2D eigenvalue weighted by Gasteiger charge is -2.06. The van der Waals surface area contributed by atoms with Gasteiger partial charge in [-0.1, -0.05) is 12.1 Å². The molecule has 0 aliphatic heterocycles. The molecule has 1 amide bonds. The second-order valence-electron chi connectivity index (χ2n) is 5.46. The number of nitrogens with zero attached hydrogens (tertiary/aromatic N) is 1. The number of carbonyl (C=O) groups is 2. The Hall–Kier alpha value is -4.14. The van der Waals surface area contributed by atoms with Gasteiger partial charge in [0.15, 0.2) is 5.76 Å². The fourth-order valence-electron chi connectivity index (χ4n) is 2.37. The number of rotatable bonds is 5. The Morgan fingerprint density at radius 3 is 2.56 bits per heavy atom. The van der Waals surface area contributed by atoms with E-state index in [1.165, 1.54) is 36.4 Å². The van der Waals surface area contributed by atoms with E-state index in [0.29, 0.717) is 5.56 Å². The zero-order chi connectivity index (χ0) is 19.6. The molecule has 1 aromatic heterocycles. The second kappa shape index (κ2) is 7.00. The number of aromatic carboxylic acids is 1. The molecule has 0 aliphatic carbocycles. The number of non-ortho nitro benzene ring substituents is 1. The zero-order valence-corrected chi connectivity index (χ0v) is 13.6. The lowest BCUT2D eigenvalue weighted by Crippen LogP contribution is -2.11. The molecule has 136 valence electrons. The van der Waals surface area contributed by atoms with Crippen molar-refractivity contribution in [1.29, 1.82) is 0 Å². The fourth-order valence-corrected chi connectivity index (χ4v) is 2.37. The molecule has 9 heteroatoms. The lowest BCUT2D eigenvalue weighted by molar-refractivity contribution is -0.384. The summed E-state index contributed by atoms with van der Waals surface area (Å²) in [5.74, 6) is -2.21. The molecule has 0 spiro atoms. The normalized spacial score (nSPS) is 10.4. The minimum Gasteiger partial charge on any atom is -0.507 e. The van der Waals surface area contributed by atoms with Gasteiger partial charge in [0.1, 0.15) is 17.1 Å². The number of nitro benzene ring substituents is 1. The van der Waals surface area contributed by atoms with Gasteiger partial charge in [-0.3, -0.25) is 14.9 Å². The first-order valence-electron chi connectivity index (χ1n) is 7.57. The van der Waals surface area contributed by atoms with Crippen LogP contribution in [-0.4, -0.2) is 27.0 Å². The Balaban J connectivity index is 1.81. The number of nitro groups is 1. The molecule has 0 bridgehead atoms. The molecule has 0 saturated heterocycles. The Morgan fingerprint density at radius 2 is 1.85 bits per heavy atom. The summed E-state index contributed by atoms with van der Waals surface area (Å²) >= 11 is 0. The lowest BCUT2D eigenvalue weighted by atomic mass is 10.1. The van der Waals surface area contributed by atoms with Crippen molar-refractivity contribution in [2.24, 2.45) is 0 Å². The average molecular weight is 368 g/mol. The van der Waals surface area contributed by atoms with E-state index in [4.69, 9.17) is 9.52 Å². The van der Waals surface area contributed by atoms with Crippen molar-refractivity contribution < 1.29 is 29.1 Å². The van der Waals surface area contributed by atoms with Crippen LogP contribution in [0.2, 0.25) is 0 Å². The largest absolute Gasteiger partial charge is 0.507 e. The Kier molecular flexibility index (Phi) is 4.58. The third-order valence-corrected chi connectivity index (χ3v) is 3.66. The molecule has 1 heterocycles.